The second-order valence-electron chi connectivity index (χ2n) is 7.64. The predicted octanol–water partition coefficient (Wildman–Crippen LogP) is 1.71. The molecule has 0 saturated heterocycles. The molecule has 30 heavy (non-hydrogen) atoms. The molecule has 8 nitrogen and oxygen atoms in total. The van der Waals surface area contributed by atoms with E-state index in [9.17, 15) is 34.8 Å². The zero-order valence-electron chi connectivity index (χ0n) is 16.3. The number of hydrogen-bond donors (Lipinski definition) is 4. The van der Waals surface area contributed by atoms with Crippen molar-refractivity contribution in [3.05, 3.63) is 57.6 Å². The van der Waals surface area contributed by atoms with Gasteiger partial charge >= 0.3 is 5.97 Å². The number of phenols is 2. The molecule has 0 spiro atoms. The summed E-state index contributed by atoms with van der Waals surface area (Å²) in [5.41, 5.74) is -2.53. The van der Waals surface area contributed by atoms with E-state index in [-0.39, 0.29) is 46.2 Å². The Labute approximate surface area is 171 Å². The van der Waals surface area contributed by atoms with E-state index in [0.29, 0.717) is 0 Å². The van der Waals surface area contributed by atoms with Crippen molar-refractivity contribution in [1.29, 1.82) is 0 Å². The van der Waals surface area contributed by atoms with Crippen LogP contribution in [-0.2, 0) is 9.53 Å². The number of aliphatic hydroxyl groups excluding tert-OH is 1. The van der Waals surface area contributed by atoms with Gasteiger partial charge in [-0.05, 0) is 24.1 Å². The van der Waals surface area contributed by atoms with Gasteiger partial charge in [0.05, 0.1) is 29.9 Å². The van der Waals surface area contributed by atoms with Gasteiger partial charge in [-0.3, -0.25) is 14.4 Å². The zero-order valence-corrected chi connectivity index (χ0v) is 16.3. The molecule has 0 fully saturated rings. The van der Waals surface area contributed by atoms with Crippen molar-refractivity contribution in [3.63, 3.8) is 0 Å². The Bertz CT molecular complexity index is 1120. The molecule has 2 aromatic carbocycles. The van der Waals surface area contributed by atoms with Crippen molar-refractivity contribution in [3.8, 4) is 11.5 Å². The molecule has 4 rings (SSSR count). The Hall–Kier alpha value is -3.23. The summed E-state index contributed by atoms with van der Waals surface area (Å²) in [6.07, 6.45) is -1.55. The molecule has 4 N–H and O–H groups in total. The summed E-state index contributed by atoms with van der Waals surface area (Å²) in [5.74, 6) is -4.50. The third-order valence-electron chi connectivity index (χ3n) is 6.14. The molecule has 0 aliphatic heterocycles. The van der Waals surface area contributed by atoms with E-state index in [1.165, 1.54) is 24.3 Å². The minimum absolute atomic E-state index is 0.0333. The first-order valence-electron chi connectivity index (χ1n) is 9.45. The van der Waals surface area contributed by atoms with Crippen LogP contribution in [0.1, 0.15) is 74.8 Å². The van der Waals surface area contributed by atoms with Crippen molar-refractivity contribution in [2.45, 2.75) is 37.4 Å². The SMILES string of the molecule is CC[C@@]1(O)CC(O)c2c(cc3c(c2O)C(=O)c2c(O)cccc2C3=O)C1C(=O)OC. The molecule has 2 aliphatic carbocycles. The highest BCUT2D eigenvalue weighted by Crippen LogP contribution is 2.52. The van der Waals surface area contributed by atoms with Gasteiger partial charge in [0.1, 0.15) is 17.4 Å². The maximum absolute atomic E-state index is 13.1. The van der Waals surface area contributed by atoms with Crippen molar-refractivity contribution in [1.82, 2.24) is 0 Å². The van der Waals surface area contributed by atoms with Crippen LogP contribution in [0.3, 0.4) is 0 Å². The molecular weight excluding hydrogens is 392 g/mol. The number of carbonyl (C=O) groups excluding carboxylic acids is 3. The Morgan fingerprint density at radius 1 is 1.17 bits per heavy atom. The molecule has 0 amide bonds. The summed E-state index contributed by atoms with van der Waals surface area (Å²) >= 11 is 0. The molecule has 2 unspecified atom stereocenters. The van der Waals surface area contributed by atoms with Gasteiger partial charge in [0.25, 0.3) is 0 Å². The number of aromatic hydroxyl groups is 2. The van der Waals surface area contributed by atoms with E-state index in [1.54, 1.807) is 6.92 Å². The number of ether oxygens (including phenoxy) is 1. The van der Waals surface area contributed by atoms with Gasteiger partial charge in [-0.15, -0.1) is 0 Å². The number of esters is 1. The average molecular weight is 412 g/mol. The largest absolute Gasteiger partial charge is 0.507 e. The van der Waals surface area contributed by atoms with E-state index in [2.05, 4.69) is 0 Å². The van der Waals surface area contributed by atoms with Crippen LogP contribution in [0.5, 0.6) is 11.5 Å². The van der Waals surface area contributed by atoms with Gasteiger partial charge in [0.2, 0.25) is 5.78 Å². The first-order chi connectivity index (χ1) is 14.2. The van der Waals surface area contributed by atoms with Gasteiger partial charge in [-0.25, -0.2) is 0 Å². The average Bonchev–Trinajstić information content (AvgIpc) is 2.70. The predicted molar refractivity (Wildman–Crippen MR) is 103 cm³/mol. The lowest BCUT2D eigenvalue weighted by molar-refractivity contribution is -0.153. The Morgan fingerprint density at radius 3 is 2.50 bits per heavy atom. The molecule has 0 heterocycles. The summed E-state index contributed by atoms with van der Waals surface area (Å²) in [4.78, 5) is 38.7. The molecule has 3 atom stereocenters. The summed E-state index contributed by atoms with van der Waals surface area (Å²) in [7, 11) is 1.15. The van der Waals surface area contributed by atoms with Gasteiger partial charge in [-0.1, -0.05) is 19.1 Å². The summed E-state index contributed by atoms with van der Waals surface area (Å²) in [6, 6.07) is 5.30. The van der Waals surface area contributed by atoms with E-state index in [4.69, 9.17) is 4.74 Å². The van der Waals surface area contributed by atoms with Crippen LogP contribution in [0.25, 0.3) is 0 Å². The van der Waals surface area contributed by atoms with Gasteiger partial charge in [0, 0.05) is 23.1 Å². The van der Waals surface area contributed by atoms with Gasteiger partial charge < -0.3 is 25.2 Å². The second-order valence-corrected chi connectivity index (χ2v) is 7.64. The molecule has 156 valence electrons. The van der Waals surface area contributed by atoms with E-state index in [0.717, 1.165) is 7.11 Å². The lowest BCUT2D eigenvalue weighted by Gasteiger charge is -2.42. The first kappa shape index (κ1) is 20.1. The van der Waals surface area contributed by atoms with Gasteiger partial charge in [-0.2, -0.15) is 0 Å². The topological polar surface area (TPSA) is 141 Å². The number of hydrogen-bond acceptors (Lipinski definition) is 8. The summed E-state index contributed by atoms with van der Waals surface area (Å²) in [5, 5.41) is 42.7. The highest BCUT2D eigenvalue weighted by molar-refractivity contribution is 6.30. The summed E-state index contributed by atoms with van der Waals surface area (Å²) < 4.78 is 4.84. The quantitative estimate of drug-likeness (QED) is 0.466. The van der Waals surface area contributed by atoms with Crippen molar-refractivity contribution >= 4 is 17.5 Å². The van der Waals surface area contributed by atoms with Crippen LogP contribution in [0.15, 0.2) is 24.3 Å². The van der Waals surface area contributed by atoms with E-state index in [1.807, 2.05) is 0 Å². The molecule has 0 bridgehead atoms. The smallest absolute Gasteiger partial charge is 0.316 e. The van der Waals surface area contributed by atoms with Crippen molar-refractivity contribution in [2.75, 3.05) is 7.11 Å². The molecule has 2 aromatic rings. The highest BCUT2D eigenvalue weighted by atomic mass is 16.5. The van der Waals surface area contributed by atoms with Crippen molar-refractivity contribution < 1.29 is 39.5 Å². The van der Waals surface area contributed by atoms with Crippen LogP contribution in [0.4, 0.5) is 0 Å². The Morgan fingerprint density at radius 2 is 1.87 bits per heavy atom. The highest BCUT2D eigenvalue weighted by Gasteiger charge is 2.51. The number of aliphatic hydroxyl groups is 2. The lowest BCUT2D eigenvalue weighted by Crippen LogP contribution is -2.46. The number of carbonyl (C=O) groups is 3. The molecule has 8 heteroatoms. The van der Waals surface area contributed by atoms with E-state index >= 15 is 0 Å². The Balaban J connectivity index is 2.05. The lowest BCUT2D eigenvalue weighted by atomic mass is 9.67. The molecule has 2 aliphatic rings. The molecule has 0 aromatic heterocycles. The first-order valence-corrected chi connectivity index (χ1v) is 9.45. The number of methoxy groups -OCH3 is 1. The van der Waals surface area contributed by atoms with Crippen LogP contribution in [0.2, 0.25) is 0 Å². The third kappa shape index (κ3) is 2.50. The van der Waals surface area contributed by atoms with Crippen LogP contribution < -0.4 is 0 Å². The van der Waals surface area contributed by atoms with E-state index < -0.39 is 46.7 Å². The molecule has 0 saturated carbocycles. The number of rotatable bonds is 2. The van der Waals surface area contributed by atoms with Crippen LogP contribution in [-0.4, -0.2) is 50.7 Å². The third-order valence-corrected chi connectivity index (χ3v) is 6.14. The maximum atomic E-state index is 13.1. The fraction of sp³-hybridized carbons (Fsp3) is 0.318. The normalized spacial score (nSPS) is 24.7. The number of benzene rings is 2. The standard InChI is InChI=1S/C22H20O8/c1-3-22(29)8-13(24)15-10(17(22)21(28)30-2)7-11-16(20(15)27)19(26)14-9(18(11)25)5-4-6-12(14)23/h4-7,13,17,23-24,27,29H,3,8H2,1-2H3/t13?,17?,22-/m1/s1. The monoisotopic (exact) mass is 412 g/mol. The minimum atomic E-state index is -1.67. The van der Waals surface area contributed by atoms with Crippen LogP contribution in [0, 0.1) is 0 Å². The van der Waals surface area contributed by atoms with Crippen molar-refractivity contribution in [2.24, 2.45) is 0 Å². The minimum Gasteiger partial charge on any atom is -0.507 e. The Kier molecular flexibility index (Phi) is 4.44. The number of ketones is 2. The zero-order chi connectivity index (χ0) is 22.0. The number of phenolic OH excluding ortho intramolecular Hbond substituents is 2. The second kappa shape index (κ2) is 6.65. The fourth-order valence-corrected chi connectivity index (χ4v) is 4.60. The summed E-state index contributed by atoms with van der Waals surface area (Å²) in [6.45, 7) is 1.64. The molecular formula is C22H20O8. The fourth-order valence-electron chi connectivity index (χ4n) is 4.60. The van der Waals surface area contributed by atoms with Crippen LogP contribution >= 0.6 is 0 Å². The maximum Gasteiger partial charge on any atom is 0.316 e. The molecule has 0 radical (unpaired) electrons. The van der Waals surface area contributed by atoms with Gasteiger partial charge in [0.15, 0.2) is 5.78 Å². The number of fused-ring (bicyclic) bond motifs is 3.